The van der Waals surface area contributed by atoms with Crippen LogP contribution in [0.15, 0.2) is 0 Å². The molecule has 0 bridgehead atoms. The fourth-order valence-electron chi connectivity index (χ4n) is 4.18. The van der Waals surface area contributed by atoms with Gasteiger partial charge in [0.2, 0.25) is 0 Å². The summed E-state index contributed by atoms with van der Waals surface area (Å²) in [5, 5.41) is 9.44. The third-order valence-corrected chi connectivity index (χ3v) is 6.87. The Labute approximate surface area is 217 Å². The third kappa shape index (κ3) is 24.4. The van der Waals surface area contributed by atoms with Gasteiger partial charge < -0.3 is 14.6 Å². The molecule has 0 aliphatic rings. The first-order chi connectivity index (χ1) is 16.9. The van der Waals surface area contributed by atoms with Crippen LogP contribution in [0.4, 0.5) is 0 Å². The van der Waals surface area contributed by atoms with Gasteiger partial charge in [0.1, 0.15) is 6.61 Å². The Morgan fingerprint density at radius 2 is 1.11 bits per heavy atom. The summed E-state index contributed by atoms with van der Waals surface area (Å²) in [7, 11) is 0. The molecule has 0 aromatic heterocycles. The second-order valence-corrected chi connectivity index (χ2v) is 10.9. The second-order valence-electron chi connectivity index (χ2n) is 10.9. The van der Waals surface area contributed by atoms with Gasteiger partial charge >= 0.3 is 11.9 Å². The number of esters is 2. The molecule has 0 amide bonds. The maximum Gasteiger partial charge on any atom is 0.306 e. The molecule has 0 saturated heterocycles. The molecule has 0 spiro atoms. The van der Waals surface area contributed by atoms with Crippen molar-refractivity contribution in [1.82, 2.24) is 0 Å². The quantitative estimate of drug-likeness (QED) is 0.101. The molecule has 0 saturated carbocycles. The molecule has 5 heteroatoms. The van der Waals surface area contributed by atoms with Crippen molar-refractivity contribution in [2.24, 2.45) is 11.8 Å². The highest BCUT2D eigenvalue weighted by molar-refractivity contribution is 5.70. The number of ether oxygens (including phenoxy) is 2. The van der Waals surface area contributed by atoms with E-state index in [1.165, 1.54) is 70.6 Å². The van der Waals surface area contributed by atoms with E-state index in [4.69, 9.17) is 9.47 Å². The van der Waals surface area contributed by atoms with Crippen LogP contribution in [0.3, 0.4) is 0 Å². The van der Waals surface area contributed by atoms with Gasteiger partial charge in [-0.25, -0.2) is 0 Å². The van der Waals surface area contributed by atoms with Crippen molar-refractivity contribution >= 4 is 11.9 Å². The molecule has 1 N–H and O–H groups in total. The van der Waals surface area contributed by atoms with Crippen molar-refractivity contribution in [2.45, 2.75) is 156 Å². The summed E-state index contributed by atoms with van der Waals surface area (Å²) in [4.78, 5) is 23.9. The molecule has 0 heterocycles. The number of aliphatic hydroxyl groups is 1. The number of carbonyl (C=O) groups is 2. The minimum absolute atomic E-state index is 0.0619. The average Bonchev–Trinajstić information content (AvgIpc) is 2.83. The summed E-state index contributed by atoms with van der Waals surface area (Å²) in [5.41, 5.74) is 0. The monoisotopic (exact) mass is 498 g/mol. The van der Waals surface area contributed by atoms with Gasteiger partial charge in [0.25, 0.3) is 0 Å². The largest absolute Gasteiger partial charge is 0.462 e. The lowest BCUT2D eigenvalue weighted by Crippen LogP contribution is -2.28. The lowest BCUT2D eigenvalue weighted by molar-refractivity contribution is -0.161. The van der Waals surface area contributed by atoms with Crippen molar-refractivity contribution in [3.8, 4) is 0 Å². The molecule has 0 aliphatic heterocycles. The maximum absolute atomic E-state index is 12.0. The number of carbonyl (C=O) groups excluding carboxylic acids is 2. The molecule has 0 radical (unpaired) electrons. The number of hydrogen-bond acceptors (Lipinski definition) is 5. The zero-order chi connectivity index (χ0) is 26.2. The Morgan fingerprint density at radius 1 is 0.657 bits per heavy atom. The fraction of sp³-hybridized carbons (Fsp3) is 0.933. The summed E-state index contributed by atoms with van der Waals surface area (Å²) in [6.07, 6.45) is 20.2. The van der Waals surface area contributed by atoms with E-state index in [0.29, 0.717) is 12.8 Å². The van der Waals surface area contributed by atoms with Crippen LogP contribution in [0, 0.1) is 11.8 Å². The molecule has 0 fully saturated rings. The SMILES string of the molecule is CCC(C)CCCCCCCCCCC(=O)OC[C@H](CO)OC(=O)CCCCCCCCC(C)C. The van der Waals surface area contributed by atoms with Crippen molar-refractivity contribution in [3.05, 3.63) is 0 Å². The Bertz CT molecular complexity index is 491. The van der Waals surface area contributed by atoms with Gasteiger partial charge in [0, 0.05) is 12.8 Å². The molecule has 208 valence electrons. The minimum Gasteiger partial charge on any atom is -0.462 e. The van der Waals surface area contributed by atoms with Gasteiger partial charge in [0.15, 0.2) is 6.10 Å². The van der Waals surface area contributed by atoms with Crippen molar-refractivity contribution in [2.75, 3.05) is 13.2 Å². The normalized spacial score (nSPS) is 13.1. The fourth-order valence-corrected chi connectivity index (χ4v) is 4.18. The molecule has 0 aromatic rings. The van der Waals surface area contributed by atoms with Gasteiger partial charge in [-0.2, -0.15) is 0 Å². The van der Waals surface area contributed by atoms with Crippen LogP contribution < -0.4 is 0 Å². The van der Waals surface area contributed by atoms with Crippen LogP contribution in [0.1, 0.15) is 150 Å². The molecule has 35 heavy (non-hydrogen) atoms. The Hall–Kier alpha value is -1.10. The minimum atomic E-state index is -0.761. The Balaban J connectivity index is 3.61. The van der Waals surface area contributed by atoms with Crippen LogP contribution in [-0.2, 0) is 19.1 Å². The lowest BCUT2D eigenvalue weighted by atomic mass is 9.99. The highest BCUT2D eigenvalue weighted by Crippen LogP contribution is 2.15. The van der Waals surface area contributed by atoms with Gasteiger partial charge in [-0.3, -0.25) is 9.59 Å². The number of aliphatic hydroxyl groups excluding tert-OH is 1. The van der Waals surface area contributed by atoms with E-state index >= 15 is 0 Å². The highest BCUT2D eigenvalue weighted by Gasteiger charge is 2.16. The number of unbranched alkanes of at least 4 members (excludes halogenated alkanes) is 12. The molecule has 0 aromatic carbocycles. The van der Waals surface area contributed by atoms with Crippen LogP contribution in [0.25, 0.3) is 0 Å². The third-order valence-electron chi connectivity index (χ3n) is 6.87. The van der Waals surface area contributed by atoms with Gasteiger partial charge in [-0.05, 0) is 24.7 Å². The van der Waals surface area contributed by atoms with Crippen LogP contribution >= 0.6 is 0 Å². The van der Waals surface area contributed by atoms with E-state index in [1.54, 1.807) is 0 Å². The van der Waals surface area contributed by atoms with E-state index in [0.717, 1.165) is 50.4 Å². The molecular weight excluding hydrogens is 440 g/mol. The second kappa shape index (κ2) is 24.6. The molecule has 0 aliphatic carbocycles. The molecule has 5 nitrogen and oxygen atoms in total. The van der Waals surface area contributed by atoms with Crippen LogP contribution in [-0.4, -0.2) is 36.4 Å². The van der Waals surface area contributed by atoms with E-state index < -0.39 is 6.10 Å². The van der Waals surface area contributed by atoms with E-state index in [2.05, 4.69) is 27.7 Å². The number of hydrogen-bond donors (Lipinski definition) is 1. The smallest absolute Gasteiger partial charge is 0.306 e. The lowest BCUT2D eigenvalue weighted by Gasteiger charge is -2.15. The predicted molar refractivity (Wildman–Crippen MR) is 145 cm³/mol. The summed E-state index contributed by atoms with van der Waals surface area (Å²) >= 11 is 0. The van der Waals surface area contributed by atoms with Crippen molar-refractivity contribution in [1.29, 1.82) is 0 Å². The zero-order valence-corrected chi connectivity index (χ0v) is 23.7. The zero-order valence-electron chi connectivity index (χ0n) is 23.7. The summed E-state index contributed by atoms with van der Waals surface area (Å²) in [5.74, 6) is 1.04. The maximum atomic E-state index is 12.0. The first kappa shape index (κ1) is 33.9. The molecule has 2 atom stereocenters. The molecule has 1 unspecified atom stereocenters. The molecular formula is C30H58O5. The Morgan fingerprint density at radius 3 is 1.60 bits per heavy atom. The van der Waals surface area contributed by atoms with E-state index in [1.807, 2.05) is 0 Å². The predicted octanol–water partition coefficient (Wildman–Crippen LogP) is 8.16. The van der Waals surface area contributed by atoms with Crippen molar-refractivity contribution in [3.63, 3.8) is 0 Å². The average molecular weight is 499 g/mol. The van der Waals surface area contributed by atoms with Gasteiger partial charge in [-0.15, -0.1) is 0 Å². The summed E-state index contributed by atoms with van der Waals surface area (Å²) < 4.78 is 10.5. The van der Waals surface area contributed by atoms with Crippen LogP contribution in [0.2, 0.25) is 0 Å². The van der Waals surface area contributed by atoms with Crippen LogP contribution in [0.5, 0.6) is 0 Å². The van der Waals surface area contributed by atoms with E-state index in [9.17, 15) is 14.7 Å². The topological polar surface area (TPSA) is 72.8 Å². The van der Waals surface area contributed by atoms with Gasteiger partial charge in [-0.1, -0.05) is 124 Å². The summed E-state index contributed by atoms with van der Waals surface area (Å²) in [6.45, 7) is 8.72. The molecule has 0 rings (SSSR count). The first-order valence-corrected chi connectivity index (χ1v) is 14.8. The number of rotatable bonds is 25. The van der Waals surface area contributed by atoms with Gasteiger partial charge in [0.05, 0.1) is 6.61 Å². The standard InChI is InChI=1S/C30H58O5/c1-5-27(4)21-17-13-8-6-7-9-14-18-22-29(32)34-25-28(24-31)35-30(33)23-19-15-11-10-12-16-20-26(2)3/h26-28,31H,5-25H2,1-4H3/t27?,28-/m0/s1. The van der Waals surface area contributed by atoms with Crippen molar-refractivity contribution < 1.29 is 24.2 Å². The Kier molecular flexibility index (Phi) is 23.8. The first-order valence-electron chi connectivity index (χ1n) is 14.8. The summed E-state index contributed by atoms with van der Waals surface area (Å²) in [6, 6.07) is 0. The highest BCUT2D eigenvalue weighted by atomic mass is 16.6. The van der Waals surface area contributed by atoms with E-state index in [-0.39, 0.29) is 25.2 Å².